The number of ether oxygens (including phenoxy) is 1. The lowest BCUT2D eigenvalue weighted by atomic mass is 9.99. The van der Waals surface area contributed by atoms with Gasteiger partial charge in [-0.05, 0) is 49.9 Å². The van der Waals surface area contributed by atoms with Crippen LogP contribution < -0.4 is 4.74 Å². The molecule has 0 aliphatic carbocycles. The molecule has 1 aliphatic heterocycles. The molecule has 1 aromatic carbocycles. The summed E-state index contributed by atoms with van der Waals surface area (Å²) in [5.74, 6) is 1.13. The standard InChI is InChI=1S/C18H28N2O4S/c1-4-20(14-18(21)19-12-10-15(3)11-13-19)25(22,23)17-8-6-16(7-9-17)24-5-2/h6-9,15H,4-5,10-14H2,1-3H3. The number of likely N-dealkylation sites (tertiary alicyclic amines) is 1. The average molecular weight is 368 g/mol. The maximum absolute atomic E-state index is 12.8. The van der Waals surface area contributed by atoms with Gasteiger partial charge < -0.3 is 9.64 Å². The fourth-order valence-electron chi connectivity index (χ4n) is 2.90. The lowest BCUT2D eigenvalue weighted by Crippen LogP contribution is -2.45. The largest absolute Gasteiger partial charge is 0.494 e. The van der Waals surface area contributed by atoms with Crippen molar-refractivity contribution in [2.24, 2.45) is 5.92 Å². The van der Waals surface area contributed by atoms with Crippen molar-refractivity contribution in [3.63, 3.8) is 0 Å². The van der Waals surface area contributed by atoms with Crippen molar-refractivity contribution in [1.82, 2.24) is 9.21 Å². The summed E-state index contributed by atoms with van der Waals surface area (Å²) >= 11 is 0. The molecule has 25 heavy (non-hydrogen) atoms. The molecule has 1 amide bonds. The number of rotatable bonds is 7. The minimum atomic E-state index is -3.70. The van der Waals surface area contributed by atoms with Crippen molar-refractivity contribution in [1.29, 1.82) is 0 Å². The zero-order valence-electron chi connectivity index (χ0n) is 15.3. The summed E-state index contributed by atoms with van der Waals surface area (Å²) in [6, 6.07) is 6.32. The fourth-order valence-corrected chi connectivity index (χ4v) is 4.30. The molecule has 0 saturated carbocycles. The summed E-state index contributed by atoms with van der Waals surface area (Å²) in [7, 11) is -3.70. The van der Waals surface area contributed by atoms with E-state index in [4.69, 9.17) is 4.74 Å². The molecule has 0 radical (unpaired) electrons. The van der Waals surface area contributed by atoms with Gasteiger partial charge in [0.2, 0.25) is 15.9 Å². The molecule has 1 aliphatic rings. The van der Waals surface area contributed by atoms with Gasteiger partial charge >= 0.3 is 0 Å². The van der Waals surface area contributed by atoms with Gasteiger partial charge in [-0.25, -0.2) is 8.42 Å². The second kappa shape index (κ2) is 8.67. The quantitative estimate of drug-likeness (QED) is 0.741. The summed E-state index contributed by atoms with van der Waals surface area (Å²) in [4.78, 5) is 14.4. The Morgan fingerprint density at radius 2 is 1.80 bits per heavy atom. The number of sulfonamides is 1. The summed E-state index contributed by atoms with van der Waals surface area (Å²) in [6.07, 6.45) is 1.95. The molecule has 2 rings (SSSR count). The highest BCUT2D eigenvalue weighted by molar-refractivity contribution is 7.89. The van der Waals surface area contributed by atoms with Crippen molar-refractivity contribution in [2.45, 2.75) is 38.5 Å². The van der Waals surface area contributed by atoms with E-state index in [1.165, 1.54) is 16.4 Å². The number of hydrogen-bond acceptors (Lipinski definition) is 4. The van der Waals surface area contributed by atoms with Crippen molar-refractivity contribution in [3.05, 3.63) is 24.3 Å². The molecule has 0 N–H and O–H groups in total. The van der Waals surface area contributed by atoms with Gasteiger partial charge in [0.1, 0.15) is 5.75 Å². The Kier molecular flexibility index (Phi) is 6.84. The van der Waals surface area contributed by atoms with Gasteiger partial charge in [-0.3, -0.25) is 4.79 Å². The SMILES string of the molecule is CCOc1ccc(S(=O)(=O)N(CC)CC(=O)N2CCC(C)CC2)cc1. The van der Waals surface area contributed by atoms with Gasteiger partial charge in [0, 0.05) is 19.6 Å². The first-order valence-electron chi connectivity index (χ1n) is 8.89. The maximum atomic E-state index is 12.8. The monoisotopic (exact) mass is 368 g/mol. The van der Waals surface area contributed by atoms with Crippen LogP contribution in [0.2, 0.25) is 0 Å². The van der Waals surface area contributed by atoms with Gasteiger partial charge in [0.05, 0.1) is 18.0 Å². The third kappa shape index (κ3) is 4.95. The number of nitrogens with zero attached hydrogens (tertiary/aromatic N) is 2. The van der Waals surface area contributed by atoms with Gasteiger partial charge in [-0.15, -0.1) is 0 Å². The van der Waals surface area contributed by atoms with Crippen molar-refractivity contribution in [3.8, 4) is 5.75 Å². The number of likely N-dealkylation sites (N-methyl/N-ethyl adjacent to an activating group) is 1. The van der Waals surface area contributed by atoms with E-state index in [2.05, 4.69) is 6.92 Å². The fraction of sp³-hybridized carbons (Fsp3) is 0.611. The molecule has 0 aromatic heterocycles. The number of amides is 1. The smallest absolute Gasteiger partial charge is 0.243 e. The van der Waals surface area contributed by atoms with Crippen molar-refractivity contribution in [2.75, 3.05) is 32.8 Å². The number of carbonyl (C=O) groups excluding carboxylic acids is 1. The van der Waals surface area contributed by atoms with Crippen LogP contribution in [0.5, 0.6) is 5.75 Å². The van der Waals surface area contributed by atoms with Crippen LogP contribution in [0.3, 0.4) is 0 Å². The Morgan fingerprint density at radius 3 is 2.32 bits per heavy atom. The molecule has 140 valence electrons. The van der Waals surface area contributed by atoms with E-state index in [9.17, 15) is 13.2 Å². The Bertz CT molecular complexity index is 665. The minimum absolute atomic E-state index is 0.111. The Balaban J connectivity index is 2.08. The van der Waals surface area contributed by atoms with E-state index in [-0.39, 0.29) is 23.9 Å². The minimum Gasteiger partial charge on any atom is -0.494 e. The molecule has 1 heterocycles. The van der Waals surface area contributed by atoms with Crippen molar-refractivity contribution < 1.29 is 17.9 Å². The summed E-state index contributed by atoms with van der Waals surface area (Å²) < 4.78 is 32.2. The third-order valence-electron chi connectivity index (χ3n) is 4.57. The molecule has 0 atom stereocenters. The summed E-state index contributed by atoms with van der Waals surface area (Å²) in [5, 5.41) is 0. The third-order valence-corrected chi connectivity index (χ3v) is 6.51. The first-order valence-corrected chi connectivity index (χ1v) is 10.3. The molecule has 0 bridgehead atoms. The van der Waals surface area contributed by atoms with Gasteiger partial charge in [0.15, 0.2) is 0 Å². The van der Waals surface area contributed by atoms with Crippen LogP contribution in [0.25, 0.3) is 0 Å². The topological polar surface area (TPSA) is 66.9 Å². The van der Waals surface area contributed by atoms with E-state index < -0.39 is 10.0 Å². The van der Waals surface area contributed by atoms with E-state index in [1.54, 1.807) is 24.0 Å². The lowest BCUT2D eigenvalue weighted by Gasteiger charge is -2.32. The lowest BCUT2D eigenvalue weighted by molar-refractivity contribution is -0.132. The predicted molar refractivity (Wildman–Crippen MR) is 97.0 cm³/mol. The molecular weight excluding hydrogens is 340 g/mol. The van der Waals surface area contributed by atoms with E-state index in [0.717, 1.165) is 12.8 Å². The predicted octanol–water partition coefficient (Wildman–Crippen LogP) is 2.35. The van der Waals surface area contributed by atoms with Gasteiger partial charge in [0.25, 0.3) is 0 Å². The van der Waals surface area contributed by atoms with E-state index in [1.807, 2.05) is 6.92 Å². The van der Waals surface area contributed by atoms with Gasteiger partial charge in [-0.1, -0.05) is 13.8 Å². The zero-order chi connectivity index (χ0) is 18.4. The Hall–Kier alpha value is -1.60. The van der Waals surface area contributed by atoms with Crippen molar-refractivity contribution >= 4 is 15.9 Å². The van der Waals surface area contributed by atoms with Crippen LogP contribution in [0, 0.1) is 5.92 Å². The first-order chi connectivity index (χ1) is 11.9. The van der Waals surface area contributed by atoms with E-state index >= 15 is 0 Å². The molecule has 0 unspecified atom stereocenters. The van der Waals surface area contributed by atoms with Gasteiger partial charge in [-0.2, -0.15) is 4.31 Å². The maximum Gasteiger partial charge on any atom is 0.243 e. The van der Waals surface area contributed by atoms with Crippen LogP contribution in [0.1, 0.15) is 33.6 Å². The van der Waals surface area contributed by atoms with Crippen LogP contribution >= 0.6 is 0 Å². The Morgan fingerprint density at radius 1 is 1.20 bits per heavy atom. The summed E-state index contributed by atoms with van der Waals surface area (Å²) in [5.41, 5.74) is 0. The van der Waals surface area contributed by atoms with Crippen LogP contribution in [0.4, 0.5) is 0 Å². The van der Waals surface area contributed by atoms with Crippen LogP contribution in [-0.2, 0) is 14.8 Å². The first kappa shape index (κ1) is 19.7. The molecule has 0 spiro atoms. The highest BCUT2D eigenvalue weighted by atomic mass is 32.2. The number of benzene rings is 1. The molecule has 1 aromatic rings. The van der Waals surface area contributed by atoms with E-state index in [0.29, 0.717) is 31.4 Å². The van der Waals surface area contributed by atoms with Crippen LogP contribution in [-0.4, -0.2) is 56.3 Å². The molecule has 7 heteroatoms. The number of piperidine rings is 1. The highest BCUT2D eigenvalue weighted by Crippen LogP contribution is 2.21. The zero-order valence-corrected chi connectivity index (χ0v) is 16.1. The molecule has 6 nitrogen and oxygen atoms in total. The second-order valence-electron chi connectivity index (χ2n) is 6.40. The molecular formula is C18H28N2O4S. The number of carbonyl (C=O) groups is 1. The number of hydrogen-bond donors (Lipinski definition) is 0. The highest BCUT2D eigenvalue weighted by Gasteiger charge is 2.28. The Labute approximate surface area is 150 Å². The van der Waals surface area contributed by atoms with Crippen LogP contribution in [0.15, 0.2) is 29.2 Å². The second-order valence-corrected chi connectivity index (χ2v) is 8.34. The summed E-state index contributed by atoms with van der Waals surface area (Å²) in [6.45, 7) is 7.88. The average Bonchev–Trinajstić information content (AvgIpc) is 2.60. The molecule has 1 fully saturated rings. The normalized spacial score (nSPS) is 16.2. The molecule has 1 saturated heterocycles.